The minimum absolute atomic E-state index is 0.827. The maximum atomic E-state index is 5.74. The lowest BCUT2D eigenvalue weighted by atomic mass is 10.2. The van der Waals surface area contributed by atoms with Crippen LogP contribution in [-0.4, -0.2) is 0 Å². The molecule has 17 heavy (non-hydrogen) atoms. The van der Waals surface area contributed by atoms with Gasteiger partial charge in [-0.05, 0) is 36.2 Å². The molecule has 2 nitrogen and oxygen atoms in total. The Labute approximate surface area is 106 Å². The zero-order chi connectivity index (χ0) is 12.1. The summed E-state index contributed by atoms with van der Waals surface area (Å²) in [6.45, 7) is 3.99. The number of benzene rings is 1. The number of thiophene rings is 1. The Morgan fingerprint density at radius 2 is 1.94 bits per heavy atom. The lowest BCUT2D eigenvalue weighted by Gasteiger charge is -2.04. The van der Waals surface area contributed by atoms with E-state index in [0.29, 0.717) is 0 Å². The quantitative estimate of drug-likeness (QED) is 0.795. The topological polar surface area (TPSA) is 38.0 Å². The smallest absolute Gasteiger partial charge is 0.0317 e. The van der Waals surface area contributed by atoms with Crippen LogP contribution in [0.5, 0.6) is 0 Å². The Morgan fingerprint density at radius 1 is 1.12 bits per heavy atom. The molecule has 0 fully saturated rings. The first-order chi connectivity index (χ1) is 8.28. The Hall–Kier alpha value is -1.32. The molecule has 0 bridgehead atoms. The number of nitrogens with two attached hydrogens (primary N) is 1. The Morgan fingerprint density at radius 3 is 2.65 bits per heavy atom. The normalized spacial score (nSPS) is 10.6. The summed E-state index contributed by atoms with van der Waals surface area (Å²) in [4.78, 5) is 2.84. The van der Waals surface area contributed by atoms with E-state index < -0.39 is 0 Å². The van der Waals surface area contributed by atoms with Crippen LogP contribution in [-0.2, 0) is 19.5 Å². The fraction of sp³-hybridized carbons (Fsp3) is 0.286. The zero-order valence-electron chi connectivity index (χ0n) is 10.1. The second kappa shape index (κ2) is 5.84. The van der Waals surface area contributed by atoms with Gasteiger partial charge in [-0.15, -0.1) is 11.3 Å². The molecule has 0 aliphatic carbocycles. The van der Waals surface area contributed by atoms with Crippen LogP contribution in [0.15, 0.2) is 36.4 Å². The number of nitrogen functional groups attached to an aromatic ring is 1. The number of rotatable bonds is 5. The molecule has 0 spiro atoms. The third-order valence-electron chi connectivity index (χ3n) is 2.65. The molecule has 3 N–H and O–H groups in total. The number of hydrogen-bond acceptors (Lipinski definition) is 3. The van der Waals surface area contributed by atoms with Crippen LogP contribution in [0.25, 0.3) is 0 Å². The van der Waals surface area contributed by atoms with Gasteiger partial charge in [0.2, 0.25) is 0 Å². The summed E-state index contributed by atoms with van der Waals surface area (Å²) >= 11 is 1.88. The van der Waals surface area contributed by atoms with Gasteiger partial charge in [0.25, 0.3) is 0 Å². The molecule has 0 radical (unpaired) electrons. The second-order valence-electron chi connectivity index (χ2n) is 4.07. The maximum Gasteiger partial charge on any atom is 0.0317 e. The SMILES string of the molecule is CCc1ccc(CNCc2cccc(N)c2)s1. The highest BCUT2D eigenvalue weighted by molar-refractivity contribution is 7.11. The third-order valence-corrected chi connectivity index (χ3v) is 3.87. The van der Waals surface area contributed by atoms with E-state index in [2.05, 4.69) is 30.4 Å². The first-order valence-electron chi connectivity index (χ1n) is 5.90. The molecule has 0 aliphatic rings. The Kier molecular flexibility index (Phi) is 4.18. The summed E-state index contributed by atoms with van der Waals surface area (Å²) < 4.78 is 0. The average molecular weight is 246 g/mol. The van der Waals surface area contributed by atoms with Crippen molar-refractivity contribution < 1.29 is 0 Å². The highest BCUT2D eigenvalue weighted by Gasteiger charge is 1.98. The van der Waals surface area contributed by atoms with Crippen LogP contribution < -0.4 is 11.1 Å². The molecule has 1 heterocycles. The van der Waals surface area contributed by atoms with Crippen LogP contribution in [0.1, 0.15) is 22.2 Å². The fourth-order valence-electron chi connectivity index (χ4n) is 1.74. The van der Waals surface area contributed by atoms with Crippen molar-refractivity contribution in [3.63, 3.8) is 0 Å². The summed E-state index contributed by atoms with van der Waals surface area (Å²) in [5.74, 6) is 0. The summed E-state index contributed by atoms with van der Waals surface area (Å²) in [7, 11) is 0. The second-order valence-corrected chi connectivity index (χ2v) is 5.32. The van der Waals surface area contributed by atoms with Crippen molar-refractivity contribution in [3.8, 4) is 0 Å². The van der Waals surface area contributed by atoms with Crippen LogP contribution in [0, 0.1) is 0 Å². The predicted molar refractivity (Wildman–Crippen MR) is 75.1 cm³/mol. The minimum Gasteiger partial charge on any atom is -0.399 e. The van der Waals surface area contributed by atoms with Gasteiger partial charge < -0.3 is 11.1 Å². The lowest BCUT2D eigenvalue weighted by Crippen LogP contribution is -2.11. The minimum atomic E-state index is 0.827. The van der Waals surface area contributed by atoms with Crippen LogP contribution in [0.2, 0.25) is 0 Å². The summed E-state index contributed by atoms with van der Waals surface area (Å²) in [6.07, 6.45) is 1.12. The molecule has 2 rings (SSSR count). The van der Waals surface area contributed by atoms with Crippen molar-refractivity contribution in [2.75, 3.05) is 5.73 Å². The first-order valence-corrected chi connectivity index (χ1v) is 6.72. The van der Waals surface area contributed by atoms with Crippen molar-refractivity contribution in [2.45, 2.75) is 26.4 Å². The van der Waals surface area contributed by atoms with Gasteiger partial charge in [-0.25, -0.2) is 0 Å². The van der Waals surface area contributed by atoms with Crippen molar-refractivity contribution in [1.82, 2.24) is 5.32 Å². The predicted octanol–water partition coefficient (Wildman–Crippen LogP) is 3.18. The van der Waals surface area contributed by atoms with E-state index in [1.807, 2.05) is 29.5 Å². The standard InChI is InChI=1S/C14H18N2S/c1-2-13-6-7-14(17-13)10-16-9-11-4-3-5-12(15)8-11/h3-8,16H,2,9-10,15H2,1H3. The van der Waals surface area contributed by atoms with Gasteiger partial charge in [0.15, 0.2) is 0 Å². The molecule has 0 saturated carbocycles. The van der Waals surface area contributed by atoms with E-state index >= 15 is 0 Å². The first kappa shape index (κ1) is 12.1. The third kappa shape index (κ3) is 3.58. The number of aryl methyl sites for hydroxylation is 1. The number of nitrogens with one attached hydrogen (secondary N) is 1. The van der Waals surface area contributed by atoms with Crippen molar-refractivity contribution in [2.24, 2.45) is 0 Å². The maximum absolute atomic E-state index is 5.74. The lowest BCUT2D eigenvalue weighted by molar-refractivity contribution is 0.701. The van der Waals surface area contributed by atoms with E-state index in [1.165, 1.54) is 15.3 Å². The van der Waals surface area contributed by atoms with Gasteiger partial charge in [-0.1, -0.05) is 19.1 Å². The largest absolute Gasteiger partial charge is 0.399 e. The van der Waals surface area contributed by atoms with Crippen molar-refractivity contribution >= 4 is 17.0 Å². The molecule has 0 aliphatic heterocycles. The highest BCUT2D eigenvalue weighted by atomic mass is 32.1. The molecule has 1 aromatic heterocycles. The van der Waals surface area contributed by atoms with Gasteiger partial charge in [0, 0.05) is 28.5 Å². The zero-order valence-corrected chi connectivity index (χ0v) is 10.9. The number of anilines is 1. The van der Waals surface area contributed by atoms with Gasteiger partial charge in [0.05, 0.1) is 0 Å². The van der Waals surface area contributed by atoms with E-state index in [-0.39, 0.29) is 0 Å². The molecule has 0 unspecified atom stereocenters. The average Bonchev–Trinajstić information content (AvgIpc) is 2.77. The van der Waals surface area contributed by atoms with Gasteiger partial charge in [-0.3, -0.25) is 0 Å². The Balaban J connectivity index is 1.83. The molecule has 3 heteroatoms. The van der Waals surface area contributed by atoms with Gasteiger partial charge in [-0.2, -0.15) is 0 Å². The van der Waals surface area contributed by atoms with Crippen LogP contribution in [0.3, 0.4) is 0 Å². The van der Waals surface area contributed by atoms with Crippen LogP contribution >= 0.6 is 11.3 Å². The van der Waals surface area contributed by atoms with Crippen molar-refractivity contribution in [1.29, 1.82) is 0 Å². The highest BCUT2D eigenvalue weighted by Crippen LogP contribution is 2.16. The van der Waals surface area contributed by atoms with E-state index in [1.54, 1.807) is 0 Å². The van der Waals surface area contributed by atoms with E-state index in [9.17, 15) is 0 Å². The molecule has 2 aromatic rings. The molecule has 1 aromatic carbocycles. The van der Waals surface area contributed by atoms with Gasteiger partial charge in [0.1, 0.15) is 0 Å². The molecular weight excluding hydrogens is 228 g/mol. The fourth-order valence-corrected chi connectivity index (χ4v) is 2.67. The molecular formula is C14H18N2S. The van der Waals surface area contributed by atoms with Crippen molar-refractivity contribution in [3.05, 3.63) is 51.7 Å². The molecule has 90 valence electrons. The van der Waals surface area contributed by atoms with Gasteiger partial charge >= 0.3 is 0 Å². The number of hydrogen-bond donors (Lipinski definition) is 2. The van der Waals surface area contributed by atoms with E-state index in [4.69, 9.17) is 5.73 Å². The van der Waals surface area contributed by atoms with E-state index in [0.717, 1.165) is 25.2 Å². The molecule has 0 saturated heterocycles. The summed E-state index contributed by atoms with van der Waals surface area (Å²) in [5.41, 5.74) is 7.80. The Bertz CT molecular complexity index is 477. The van der Waals surface area contributed by atoms with Crippen LogP contribution in [0.4, 0.5) is 5.69 Å². The monoisotopic (exact) mass is 246 g/mol. The summed E-state index contributed by atoms with van der Waals surface area (Å²) in [5, 5.41) is 3.44. The molecule has 0 amide bonds. The molecule has 0 atom stereocenters. The summed E-state index contributed by atoms with van der Waals surface area (Å²) in [6, 6.07) is 12.4.